The summed E-state index contributed by atoms with van der Waals surface area (Å²) in [5.74, 6) is -0.0905. The van der Waals surface area contributed by atoms with Gasteiger partial charge in [-0.1, -0.05) is 13.8 Å². The third kappa shape index (κ3) is 11.5. The minimum Gasteiger partial charge on any atom is -0.464 e. The summed E-state index contributed by atoms with van der Waals surface area (Å²) in [5, 5.41) is 5.03. The number of methoxy groups -OCH3 is 1. The molecule has 0 aromatic heterocycles. The number of carbonyl (C=O) groups excluding carboxylic acids is 3. The van der Waals surface area contributed by atoms with Gasteiger partial charge in [-0.2, -0.15) is 0 Å². The number of hydrogen-bond donors (Lipinski definition) is 2. The van der Waals surface area contributed by atoms with E-state index >= 15 is 0 Å². The van der Waals surface area contributed by atoms with Crippen LogP contribution < -0.4 is 10.6 Å². The Kier molecular flexibility index (Phi) is 9.74. The van der Waals surface area contributed by atoms with Crippen LogP contribution in [0.15, 0.2) is 0 Å². The first-order chi connectivity index (χ1) is 9.85. The van der Waals surface area contributed by atoms with E-state index < -0.39 is 18.2 Å². The summed E-state index contributed by atoms with van der Waals surface area (Å²) in [5.41, 5.74) is 0. The largest absolute Gasteiger partial charge is 0.464 e. The lowest BCUT2D eigenvalue weighted by Gasteiger charge is -2.19. The van der Waals surface area contributed by atoms with Gasteiger partial charge in [-0.15, -0.1) is 0 Å². The van der Waals surface area contributed by atoms with Crippen LogP contribution in [0.25, 0.3) is 0 Å². The van der Waals surface area contributed by atoms with Crippen LogP contribution in [0.3, 0.4) is 0 Å². The van der Waals surface area contributed by atoms with Gasteiger partial charge >= 0.3 is 18.2 Å². The highest BCUT2D eigenvalue weighted by atomic mass is 16.6. The molecule has 0 aliphatic heterocycles. The number of ether oxygens (including phenoxy) is 3. The Morgan fingerprint density at radius 2 is 1.76 bits per heavy atom. The SMILES string of the molecule is COC(=O)N[C@@H](COC(=O)NCCOC(C)=O)CC(C)C. The van der Waals surface area contributed by atoms with Gasteiger partial charge in [0, 0.05) is 6.92 Å². The van der Waals surface area contributed by atoms with Gasteiger partial charge in [0.25, 0.3) is 0 Å². The lowest BCUT2D eigenvalue weighted by atomic mass is 10.0. The van der Waals surface area contributed by atoms with Crippen molar-refractivity contribution in [3.05, 3.63) is 0 Å². The molecule has 122 valence electrons. The number of alkyl carbamates (subject to hydrolysis) is 2. The molecule has 0 aromatic carbocycles. The lowest BCUT2D eigenvalue weighted by molar-refractivity contribution is -0.140. The zero-order chi connectivity index (χ0) is 16.3. The molecule has 0 heterocycles. The normalized spacial score (nSPS) is 11.5. The van der Waals surface area contributed by atoms with E-state index in [1.807, 2.05) is 13.8 Å². The van der Waals surface area contributed by atoms with Gasteiger partial charge in [0.15, 0.2) is 0 Å². The van der Waals surface area contributed by atoms with Crippen molar-refractivity contribution in [3.8, 4) is 0 Å². The second-order valence-electron chi connectivity index (χ2n) is 4.83. The van der Waals surface area contributed by atoms with E-state index in [1.165, 1.54) is 14.0 Å². The van der Waals surface area contributed by atoms with E-state index in [0.717, 1.165) is 0 Å². The summed E-state index contributed by atoms with van der Waals surface area (Å²) in [6, 6.07) is -0.323. The Morgan fingerprint density at radius 3 is 2.29 bits per heavy atom. The van der Waals surface area contributed by atoms with Crippen molar-refractivity contribution in [1.29, 1.82) is 0 Å². The molecule has 21 heavy (non-hydrogen) atoms. The molecule has 0 saturated carbocycles. The molecular weight excluding hydrogens is 280 g/mol. The maximum absolute atomic E-state index is 11.4. The predicted molar refractivity (Wildman–Crippen MR) is 74.8 cm³/mol. The number of amides is 2. The van der Waals surface area contributed by atoms with Gasteiger partial charge in [-0.25, -0.2) is 9.59 Å². The molecule has 8 nitrogen and oxygen atoms in total. The quantitative estimate of drug-likeness (QED) is 0.395. The van der Waals surface area contributed by atoms with Crippen molar-refractivity contribution in [2.24, 2.45) is 5.92 Å². The zero-order valence-corrected chi connectivity index (χ0v) is 12.9. The van der Waals surface area contributed by atoms with Gasteiger partial charge < -0.3 is 24.8 Å². The lowest BCUT2D eigenvalue weighted by Crippen LogP contribution is -2.41. The first kappa shape index (κ1) is 19.0. The number of nitrogens with one attached hydrogen (secondary N) is 2. The van der Waals surface area contributed by atoms with Crippen LogP contribution in [-0.4, -0.2) is 51.1 Å². The smallest absolute Gasteiger partial charge is 0.407 e. The molecule has 0 bridgehead atoms. The van der Waals surface area contributed by atoms with Crippen LogP contribution in [0.5, 0.6) is 0 Å². The van der Waals surface area contributed by atoms with E-state index in [1.54, 1.807) is 0 Å². The van der Waals surface area contributed by atoms with Crippen molar-refractivity contribution < 1.29 is 28.6 Å². The molecule has 0 aliphatic carbocycles. The van der Waals surface area contributed by atoms with Crippen LogP contribution in [0.1, 0.15) is 27.2 Å². The third-order valence-corrected chi connectivity index (χ3v) is 2.36. The summed E-state index contributed by atoms with van der Waals surface area (Å²) in [7, 11) is 1.27. The molecule has 0 fully saturated rings. The highest BCUT2D eigenvalue weighted by Crippen LogP contribution is 2.05. The number of rotatable bonds is 8. The van der Waals surface area contributed by atoms with Gasteiger partial charge in [0.2, 0.25) is 0 Å². The molecule has 8 heteroatoms. The maximum atomic E-state index is 11.4. The summed E-state index contributed by atoms with van der Waals surface area (Å²) in [4.78, 5) is 33.1. The first-order valence-corrected chi connectivity index (χ1v) is 6.73. The molecular formula is C13H24N2O6. The van der Waals surface area contributed by atoms with E-state index in [-0.39, 0.29) is 25.8 Å². The summed E-state index contributed by atoms with van der Waals surface area (Å²) in [6.07, 6.45) is -0.558. The van der Waals surface area contributed by atoms with Crippen LogP contribution in [0, 0.1) is 5.92 Å². The summed E-state index contributed by atoms with van der Waals surface area (Å²) in [6.45, 7) is 5.55. The van der Waals surface area contributed by atoms with Gasteiger partial charge in [0.05, 0.1) is 19.7 Å². The summed E-state index contributed by atoms with van der Waals surface area (Å²) < 4.78 is 14.2. The summed E-state index contributed by atoms with van der Waals surface area (Å²) >= 11 is 0. The predicted octanol–water partition coefficient (Wildman–Crippen LogP) is 1.05. The fourth-order valence-corrected chi connectivity index (χ4v) is 1.54. The molecule has 0 aliphatic rings. The van der Waals surface area contributed by atoms with Crippen LogP contribution in [0.4, 0.5) is 9.59 Å². The molecule has 2 N–H and O–H groups in total. The molecule has 0 saturated heterocycles. The first-order valence-electron chi connectivity index (χ1n) is 6.73. The fraction of sp³-hybridized carbons (Fsp3) is 0.769. The molecule has 0 rings (SSSR count). The van der Waals surface area contributed by atoms with Crippen molar-refractivity contribution >= 4 is 18.2 Å². The van der Waals surface area contributed by atoms with Gasteiger partial charge in [-0.05, 0) is 12.3 Å². The van der Waals surface area contributed by atoms with E-state index in [2.05, 4.69) is 20.1 Å². The minimum atomic E-state index is -0.637. The third-order valence-electron chi connectivity index (χ3n) is 2.36. The Labute approximate surface area is 124 Å². The van der Waals surface area contributed by atoms with Gasteiger partial charge in [0.1, 0.15) is 13.2 Å². The van der Waals surface area contributed by atoms with Crippen molar-refractivity contribution in [2.75, 3.05) is 26.9 Å². The standard InChI is InChI=1S/C13H24N2O6/c1-9(2)7-11(15-13(18)19-4)8-21-12(17)14-5-6-20-10(3)16/h9,11H,5-8H2,1-4H3,(H,14,17)(H,15,18)/t11-/m1/s1. The maximum Gasteiger partial charge on any atom is 0.407 e. The average molecular weight is 304 g/mol. The molecule has 0 spiro atoms. The van der Waals surface area contributed by atoms with Crippen molar-refractivity contribution in [3.63, 3.8) is 0 Å². The monoisotopic (exact) mass is 304 g/mol. The average Bonchev–Trinajstić information content (AvgIpc) is 2.40. The van der Waals surface area contributed by atoms with Crippen LogP contribution >= 0.6 is 0 Å². The Hall–Kier alpha value is -1.99. The molecule has 0 unspecified atom stereocenters. The molecule has 2 amide bonds. The van der Waals surface area contributed by atoms with Crippen molar-refractivity contribution in [1.82, 2.24) is 10.6 Å². The Balaban J connectivity index is 4.00. The number of hydrogen-bond acceptors (Lipinski definition) is 6. The number of carbonyl (C=O) groups is 3. The zero-order valence-electron chi connectivity index (χ0n) is 12.9. The highest BCUT2D eigenvalue weighted by Gasteiger charge is 2.16. The van der Waals surface area contributed by atoms with E-state index in [9.17, 15) is 14.4 Å². The second kappa shape index (κ2) is 10.8. The second-order valence-corrected chi connectivity index (χ2v) is 4.83. The molecule has 0 radical (unpaired) electrons. The van der Waals surface area contributed by atoms with Crippen LogP contribution in [0.2, 0.25) is 0 Å². The topological polar surface area (TPSA) is 103 Å². The Bertz CT molecular complexity index is 346. The highest BCUT2D eigenvalue weighted by molar-refractivity contribution is 5.68. The van der Waals surface area contributed by atoms with E-state index in [0.29, 0.717) is 12.3 Å². The number of esters is 1. The van der Waals surface area contributed by atoms with Crippen molar-refractivity contribution in [2.45, 2.75) is 33.2 Å². The molecule has 0 aromatic rings. The van der Waals surface area contributed by atoms with E-state index in [4.69, 9.17) is 4.74 Å². The fourth-order valence-electron chi connectivity index (χ4n) is 1.54. The van der Waals surface area contributed by atoms with Gasteiger partial charge in [-0.3, -0.25) is 4.79 Å². The Morgan fingerprint density at radius 1 is 1.10 bits per heavy atom. The molecule has 1 atom stereocenters. The van der Waals surface area contributed by atoms with Crippen LogP contribution in [-0.2, 0) is 19.0 Å². The minimum absolute atomic E-state index is 0.0344.